The molecule has 0 bridgehead atoms. The van der Waals surface area contributed by atoms with E-state index in [4.69, 9.17) is 4.74 Å². The van der Waals surface area contributed by atoms with Crippen molar-refractivity contribution in [2.24, 2.45) is 0 Å². The molecule has 0 fully saturated rings. The SMILES string of the molecule is CCCNC(C)(CCN(C)CCS(C)(=O)=O)C(=O)OCC. The van der Waals surface area contributed by atoms with Gasteiger partial charge < -0.3 is 15.0 Å². The van der Waals surface area contributed by atoms with E-state index in [0.717, 1.165) is 13.0 Å². The number of carbonyl (C=O) groups is 1. The average molecular weight is 322 g/mol. The van der Waals surface area contributed by atoms with Crippen LogP contribution in [0.4, 0.5) is 0 Å². The van der Waals surface area contributed by atoms with E-state index in [9.17, 15) is 13.2 Å². The van der Waals surface area contributed by atoms with Crippen LogP contribution in [0.5, 0.6) is 0 Å². The van der Waals surface area contributed by atoms with E-state index in [1.54, 1.807) is 6.92 Å². The van der Waals surface area contributed by atoms with Crippen LogP contribution in [0.1, 0.15) is 33.6 Å². The van der Waals surface area contributed by atoms with Crippen molar-refractivity contribution in [3.05, 3.63) is 0 Å². The Bertz CT molecular complexity index is 411. The van der Waals surface area contributed by atoms with Crippen LogP contribution >= 0.6 is 0 Å². The van der Waals surface area contributed by atoms with E-state index in [0.29, 0.717) is 26.1 Å². The molecule has 0 saturated heterocycles. The third kappa shape index (κ3) is 9.06. The summed E-state index contributed by atoms with van der Waals surface area (Å²) in [6, 6.07) is 0. The molecule has 0 rings (SSSR count). The van der Waals surface area contributed by atoms with Crippen molar-refractivity contribution in [2.75, 3.05) is 45.3 Å². The Kier molecular flexibility index (Phi) is 9.08. The van der Waals surface area contributed by atoms with Gasteiger partial charge in [-0.25, -0.2) is 8.42 Å². The first kappa shape index (κ1) is 20.3. The first-order valence-electron chi connectivity index (χ1n) is 7.43. The second-order valence-electron chi connectivity index (χ2n) is 5.66. The molecule has 21 heavy (non-hydrogen) atoms. The molecule has 1 atom stereocenters. The predicted molar refractivity (Wildman–Crippen MR) is 85.2 cm³/mol. The third-order valence-electron chi connectivity index (χ3n) is 3.33. The molecule has 6 nitrogen and oxygen atoms in total. The van der Waals surface area contributed by atoms with Gasteiger partial charge in [0.15, 0.2) is 0 Å². The van der Waals surface area contributed by atoms with Crippen molar-refractivity contribution in [3.8, 4) is 0 Å². The quantitative estimate of drug-likeness (QED) is 0.564. The van der Waals surface area contributed by atoms with Gasteiger partial charge in [-0.2, -0.15) is 0 Å². The predicted octanol–water partition coefficient (Wildman–Crippen LogP) is 0.674. The number of esters is 1. The van der Waals surface area contributed by atoms with Gasteiger partial charge in [-0.15, -0.1) is 0 Å². The molecule has 0 aliphatic carbocycles. The second-order valence-corrected chi connectivity index (χ2v) is 7.92. The van der Waals surface area contributed by atoms with Crippen LogP contribution in [-0.2, 0) is 19.4 Å². The van der Waals surface area contributed by atoms with Crippen LogP contribution in [0.2, 0.25) is 0 Å². The number of hydrogen-bond donors (Lipinski definition) is 1. The van der Waals surface area contributed by atoms with E-state index >= 15 is 0 Å². The summed E-state index contributed by atoms with van der Waals surface area (Å²) in [5.74, 6) is -0.128. The van der Waals surface area contributed by atoms with Crippen LogP contribution in [0.3, 0.4) is 0 Å². The standard InChI is InChI=1S/C14H30N2O4S/c1-6-9-15-14(3,13(17)20-7-2)8-10-16(4)11-12-21(5,18)19/h15H,6-12H2,1-5H3. The summed E-state index contributed by atoms with van der Waals surface area (Å²) in [6.07, 6.45) is 2.73. The highest BCUT2D eigenvalue weighted by Crippen LogP contribution is 2.13. The zero-order chi connectivity index (χ0) is 16.5. The molecule has 0 spiro atoms. The smallest absolute Gasteiger partial charge is 0.326 e. The van der Waals surface area contributed by atoms with Crippen LogP contribution in [0, 0.1) is 0 Å². The summed E-state index contributed by atoms with van der Waals surface area (Å²) in [5, 5.41) is 3.24. The van der Waals surface area contributed by atoms with Gasteiger partial charge in [-0.3, -0.25) is 4.79 Å². The number of nitrogens with zero attached hydrogens (tertiary/aromatic N) is 1. The topological polar surface area (TPSA) is 75.7 Å². The van der Waals surface area contributed by atoms with Gasteiger partial charge in [-0.1, -0.05) is 6.92 Å². The fourth-order valence-electron chi connectivity index (χ4n) is 1.80. The molecule has 0 amide bonds. The van der Waals surface area contributed by atoms with Gasteiger partial charge in [0.05, 0.1) is 12.4 Å². The lowest BCUT2D eigenvalue weighted by atomic mass is 9.97. The molecule has 0 aromatic carbocycles. The maximum absolute atomic E-state index is 12.1. The largest absolute Gasteiger partial charge is 0.465 e. The molecule has 1 N–H and O–H groups in total. The van der Waals surface area contributed by atoms with Gasteiger partial charge in [0.1, 0.15) is 15.4 Å². The molecule has 0 aliphatic heterocycles. The molecular formula is C14H30N2O4S. The van der Waals surface area contributed by atoms with Gasteiger partial charge in [0.25, 0.3) is 0 Å². The zero-order valence-corrected chi connectivity index (χ0v) is 14.8. The van der Waals surface area contributed by atoms with Crippen molar-refractivity contribution < 1.29 is 17.9 Å². The lowest BCUT2D eigenvalue weighted by Crippen LogP contribution is -2.52. The van der Waals surface area contributed by atoms with E-state index in [1.807, 2.05) is 25.8 Å². The number of sulfone groups is 1. The minimum Gasteiger partial charge on any atom is -0.465 e. The van der Waals surface area contributed by atoms with Crippen LogP contribution in [-0.4, -0.2) is 70.1 Å². The van der Waals surface area contributed by atoms with Crippen molar-refractivity contribution in [3.63, 3.8) is 0 Å². The monoisotopic (exact) mass is 322 g/mol. The molecule has 0 aromatic rings. The van der Waals surface area contributed by atoms with Crippen molar-refractivity contribution in [2.45, 2.75) is 39.2 Å². The van der Waals surface area contributed by atoms with E-state index in [1.165, 1.54) is 6.26 Å². The molecule has 0 radical (unpaired) electrons. The molecule has 1 unspecified atom stereocenters. The Labute approximate surface area is 129 Å². The zero-order valence-electron chi connectivity index (χ0n) is 13.9. The highest BCUT2D eigenvalue weighted by atomic mass is 32.2. The number of hydrogen-bond acceptors (Lipinski definition) is 6. The number of nitrogens with one attached hydrogen (secondary N) is 1. The van der Waals surface area contributed by atoms with Gasteiger partial charge in [-0.05, 0) is 40.3 Å². The number of ether oxygens (including phenoxy) is 1. The number of rotatable bonds is 11. The Morgan fingerprint density at radius 2 is 1.90 bits per heavy atom. The first-order valence-corrected chi connectivity index (χ1v) is 9.49. The Morgan fingerprint density at radius 3 is 2.38 bits per heavy atom. The van der Waals surface area contributed by atoms with E-state index in [2.05, 4.69) is 5.32 Å². The van der Waals surface area contributed by atoms with Crippen molar-refractivity contribution >= 4 is 15.8 Å². The summed E-state index contributed by atoms with van der Waals surface area (Å²) in [6.45, 7) is 7.85. The highest BCUT2D eigenvalue weighted by molar-refractivity contribution is 7.90. The minimum atomic E-state index is -2.96. The second kappa shape index (κ2) is 9.38. The van der Waals surface area contributed by atoms with Crippen LogP contribution in [0.25, 0.3) is 0 Å². The molecule has 126 valence electrons. The third-order valence-corrected chi connectivity index (χ3v) is 4.25. The van der Waals surface area contributed by atoms with Crippen molar-refractivity contribution in [1.29, 1.82) is 0 Å². The fourth-order valence-corrected chi connectivity index (χ4v) is 2.45. The Hall–Kier alpha value is -0.660. The Balaban J connectivity index is 4.50. The fraction of sp³-hybridized carbons (Fsp3) is 0.929. The van der Waals surface area contributed by atoms with E-state index in [-0.39, 0.29) is 11.7 Å². The van der Waals surface area contributed by atoms with Crippen LogP contribution in [0.15, 0.2) is 0 Å². The first-order chi connectivity index (χ1) is 9.64. The maximum Gasteiger partial charge on any atom is 0.326 e. The lowest BCUT2D eigenvalue weighted by molar-refractivity contribution is -0.151. The van der Waals surface area contributed by atoms with Gasteiger partial charge in [0.2, 0.25) is 0 Å². The normalized spacial score (nSPS) is 15.0. The van der Waals surface area contributed by atoms with Gasteiger partial charge in [0, 0.05) is 19.3 Å². The number of carbonyl (C=O) groups excluding carboxylic acids is 1. The molecule has 7 heteroatoms. The van der Waals surface area contributed by atoms with E-state index < -0.39 is 15.4 Å². The summed E-state index contributed by atoms with van der Waals surface area (Å²) in [4.78, 5) is 14.0. The van der Waals surface area contributed by atoms with Crippen LogP contribution < -0.4 is 5.32 Å². The van der Waals surface area contributed by atoms with Gasteiger partial charge >= 0.3 is 5.97 Å². The molecular weight excluding hydrogens is 292 g/mol. The molecule has 0 saturated carbocycles. The highest BCUT2D eigenvalue weighted by Gasteiger charge is 2.33. The summed E-state index contributed by atoms with van der Waals surface area (Å²) in [7, 11) is -1.10. The summed E-state index contributed by atoms with van der Waals surface area (Å²) < 4.78 is 27.5. The summed E-state index contributed by atoms with van der Waals surface area (Å²) in [5.41, 5.74) is -0.731. The maximum atomic E-state index is 12.1. The summed E-state index contributed by atoms with van der Waals surface area (Å²) >= 11 is 0. The lowest BCUT2D eigenvalue weighted by Gasteiger charge is -2.30. The van der Waals surface area contributed by atoms with Crippen molar-refractivity contribution in [1.82, 2.24) is 10.2 Å². The molecule has 0 aromatic heterocycles. The Morgan fingerprint density at radius 1 is 1.29 bits per heavy atom. The average Bonchev–Trinajstić information content (AvgIpc) is 2.40. The molecule has 0 aliphatic rings. The molecule has 0 heterocycles. The minimum absolute atomic E-state index is 0.127.